The van der Waals surface area contributed by atoms with Crippen molar-refractivity contribution in [2.75, 3.05) is 0 Å². The lowest BCUT2D eigenvalue weighted by Crippen LogP contribution is -1.86. The molecule has 0 saturated carbocycles. The van der Waals surface area contributed by atoms with Crippen LogP contribution in [0.1, 0.15) is 30.5 Å². The van der Waals surface area contributed by atoms with Crippen LogP contribution in [0.5, 0.6) is 0 Å². The maximum Gasteiger partial charge on any atom is 0.0409 e. The summed E-state index contributed by atoms with van der Waals surface area (Å²) in [5, 5.41) is 0. The highest BCUT2D eigenvalue weighted by Crippen LogP contribution is 2.24. The molecule has 1 aromatic carbocycles. The summed E-state index contributed by atoms with van der Waals surface area (Å²) < 4.78 is 8.91. The molecule has 0 amide bonds. The van der Waals surface area contributed by atoms with E-state index in [0.29, 0.717) is 0 Å². The minimum Gasteiger partial charge on any atom is -0.325 e. The molecule has 0 spiro atoms. The van der Waals surface area contributed by atoms with Crippen molar-refractivity contribution in [1.82, 2.24) is 0 Å². The lowest BCUT2D eigenvalue weighted by Gasteiger charge is -2.06. The smallest absolute Gasteiger partial charge is 0.0409 e. The van der Waals surface area contributed by atoms with Crippen molar-refractivity contribution in [2.45, 2.75) is 39.5 Å². The van der Waals surface area contributed by atoms with Crippen LogP contribution in [0, 0.1) is 20.8 Å². The third kappa shape index (κ3) is 3.41. The molecule has 13 heavy (non-hydrogen) atoms. The fraction of sp³-hybridized carbons (Fsp3) is 0.455. The SMILES string of the molecule is CC.Cc1cc(C)c(SO)c(C)c1. The van der Waals surface area contributed by atoms with Gasteiger partial charge in [0.05, 0.1) is 0 Å². The summed E-state index contributed by atoms with van der Waals surface area (Å²) in [4.78, 5) is 0.982. The Morgan fingerprint density at radius 1 is 1.00 bits per heavy atom. The summed E-state index contributed by atoms with van der Waals surface area (Å²) in [7, 11) is 0. The topological polar surface area (TPSA) is 20.2 Å². The second-order valence-corrected chi connectivity index (χ2v) is 3.41. The Bertz CT molecular complexity index is 246. The molecule has 0 aliphatic heterocycles. The zero-order valence-electron chi connectivity index (χ0n) is 9.01. The number of aryl methyl sites for hydroxylation is 3. The second kappa shape index (κ2) is 6.06. The van der Waals surface area contributed by atoms with Gasteiger partial charge in [-0.2, -0.15) is 0 Å². The molecular weight excluding hydrogens is 180 g/mol. The minimum absolute atomic E-state index is 0.831. The Morgan fingerprint density at radius 2 is 1.38 bits per heavy atom. The van der Waals surface area contributed by atoms with Crippen LogP contribution in [-0.2, 0) is 0 Å². The van der Waals surface area contributed by atoms with Crippen molar-refractivity contribution in [1.29, 1.82) is 0 Å². The van der Waals surface area contributed by atoms with Gasteiger partial charge in [0.1, 0.15) is 0 Å². The molecule has 0 aromatic heterocycles. The highest BCUT2D eigenvalue weighted by atomic mass is 32.2. The first-order chi connectivity index (χ1) is 6.15. The van der Waals surface area contributed by atoms with Crippen molar-refractivity contribution in [3.63, 3.8) is 0 Å². The van der Waals surface area contributed by atoms with E-state index in [2.05, 4.69) is 19.1 Å². The summed E-state index contributed by atoms with van der Waals surface area (Å²) in [6.45, 7) is 10.1. The first-order valence-electron chi connectivity index (χ1n) is 4.54. The summed E-state index contributed by atoms with van der Waals surface area (Å²) in [5.74, 6) is 0. The van der Waals surface area contributed by atoms with Gasteiger partial charge in [0.15, 0.2) is 0 Å². The molecule has 1 nitrogen and oxygen atoms in total. The fourth-order valence-corrected chi connectivity index (χ4v) is 1.72. The zero-order chi connectivity index (χ0) is 10.4. The molecule has 74 valence electrons. The van der Waals surface area contributed by atoms with Crippen LogP contribution < -0.4 is 0 Å². The number of rotatable bonds is 1. The van der Waals surface area contributed by atoms with Crippen molar-refractivity contribution in [3.05, 3.63) is 28.8 Å². The molecule has 1 N–H and O–H groups in total. The Hall–Kier alpha value is -0.470. The first-order valence-corrected chi connectivity index (χ1v) is 5.31. The molecule has 0 heterocycles. The van der Waals surface area contributed by atoms with Gasteiger partial charge in [0.25, 0.3) is 0 Å². The first kappa shape index (κ1) is 12.5. The van der Waals surface area contributed by atoms with E-state index < -0.39 is 0 Å². The van der Waals surface area contributed by atoms with Crippen LogP contribution in [0.25, 0.3) is 0 Å². The van der Waals surface area contributed by atoms with Crippen molar-refractivity contribution >= 4 is 12.0 Å². The quantitative estimate of drug-likeness (QED) is 0.682. The monoisotopic (exact) mass is 198 g/mol. The third-order valence-electron chi connectivity index (χ3n) is 1.70. The minimum atomic E-state index is 0.831. The van der Waals surface area contributed by atoms with E-state index in [1.165, 1.54) is 5.56 Å². The van der Waals surface area contributed by atoms with E-state index in [4.69, 9.17) is 4.55 Å². The molecule has 0 fully saturated rings. The predicted octanol–water partition coefficient (Wildman–Crippen LogP) is 4.20. The van der Waals surface area contributed by atoms with E-state index >= 15 is 0 Å². The largest absolute Gasteiger partial charge is 0.325 e. The normalized spacial score (nSPS) is 9.08. The average Bonchev–Trinajstić information content (AvgIpc) is 2.07. The van der Waals surface area contributed by atoms with Gasteiger partial charge in [-0.25, -0.2) is 0 Å². The lowest BCUT2D eigenvalue weighted by molar-refractivity contribution is 0.662. The zero-order valence-corrected chi connectivity index (χ0v) is 9.83. The van der Waals surface area contributed by atoms with Crippen LogP contribution in [-0.4, -0.2) is 4.55 Å². The maximum atomic E-state index is 8.91. The van der Waals surface area contributed by atoms with Gasteiger partial charge in [-0.1, -0.05) is 31.5 Å². The summed E-state index contributed by atoms with van der Waals surface area (Å²) in [5.41, 5.74) is 3.54. The number of benzene rings is 1. The van der Waals surface area contributed by atoms with Crippen LogP contribution in [0.4, 0.5) is 0 Å². The van der Waals surface area contributed by atoms with Gasteiger partial charge in [-0.15, -0.1) is 0 Å². The van der Waals surface area contributed by atoms with Crippen molar-refractivity contribution in [3.8, 4) is 0 Å². The molecule has 2 heteroatoms. The van der Waals surface area contributed by atoms with Crippen LogP contribution in [0.3, 0.4) is 0 Å². The molecule has 0 aliphatic rings. The molecule has 0 aliphatic carbocycles. The molecule has 0 bridgehead atoms. The summed E-state index contributed by atoms with van der Waals surface area (Å²) in [6, 6.07) is 4.15. The van der Waals surface area contributed by atoms with Crippen LogP contribution in [0.15, 0.2) is 17.0 Å². The van der Waals surface area contributed by atoms with Gasteiger partial charge in [0.2, 0.25) is 0 Å². The molecule has 0 saturated heterocycles. The molecule has 1 rings (SSSR count). The van der Waals surface area contributed by atoms with Gasteiger partial charge in [0, 0.05) is 16.9 Å². The maximum absolute atomic E-state index is 8.91. The highest BCUT2D eigenvalue weighted by Gasteiger charge is 2.02. The Balaban J connectivity index is 0.000000671. The van der Waals surface area contributed by atoms with Crippen LogP contribution in [0.2, 0.25) is 0 Å². The number of hydrogen-bond donors (Lipinski definition) is 1. The highest BCUT2D eigenvalue weighted by molar-refractivity contribution is 7.93. The van der Waals surface area contributed by atoms with E-state index in [9.17, 15) is 0 Å². The third-order valence-corrected chi connectivity index (χ3v) is 2.52. The van der Waals surface area contributed by atoms with Crippen LogP contribution >= 0.6 is 12.0 Å². The van der Waals surface area contributed by atoms with E-state index in [1.807, 2.05) is 27.7 Å². The average molecular weight is 198 g/mol. The number of hydrogen-bond acceptors (Lipinski definition) is 2. The standard InChI is InChI=1S/C9H12OS.C2H6/c1-6-4-7(2)9(11-10)8(3)5-6;1-2/h4-5,10H,1-3H3;1-2H3. The van der Waals surface area contributed by atoms with Gasteiger partial charge in [-0.3, -0.25) is 0 Å². The Kier molecular flexibility index (Phi) is 5.84. The van der Waals surface area contributed by atoms with Gasteiger partial charge >= 0.3 is 0 Å². The molecule has 1 aromatic rings. The fourth-order valence-electron chi connectivity index (χ4n) is 1.31. The summed E-state index contributed by atoms with van der Waals surface area (Å²) >= 11 is 0.831. The molecular formula is C11H18OS. The summed E-state index contributed by atoms with van der Waals surface area (Å²) in [6.07, 6.45) is 0. The van der Waals surface area contributed by atoms with E-state index in [0.717, 1.165) is 28.1 Å². The van der Waals surface area contributed by atoms with Crippen molar-refractivity contribution < 1.29 is 4.55 Å². The Morgan fingerprint density at radius 3 is 1.69 bits per heavy atom. The van der Waals surface area contributed by atoms with E-state index in [1.54, 1.807) is 0 Å². The molecule has 0 unspecified atom stereocenters. The van der Waals surface area contributed by atoms with E-state index in [-0.39, 0.29) is 0 Å². The van der Waals surface area contributed by atoms with Gasteiger partial charge < -0.3 is 4.55 Å². The predicted molar refractivity (Wildman–Crippen MR) is 60.5 cm³/mol. The second-order valence-electron chi connectivity index (χ2n) is 2.82. The van der Waals surface area contributed by atoms with Crippen molar-refractivity contribution in [2.24, 2.45) is 0 Å². The van der Waals surface area contributed by atoms with Gasteiger partial charge in [-0.05, 0) is 31.9 Å². The lowest BCUT2D eigenvalue weighted by atomic mass is 10.1. The Labute approximate surface area is 85.4 Å². The molecule has 0 radical (unpaired) electrons. The molecule has 0 atom stereocenters.